The van der Waals surface area contributed by atoms with E-state index in [0.29, 0.717) is 0 Å². The molecule has 0 saturated carbocycles. The van der Waals surface area contributed by atoms with Gasteiger partial charge in [-0.15, -0.1) is 0 Å². The average Bonchev–Trinajstić information content (AvgIpc) is 1.82. The molecule has 0 N–H and O–H groups in total. The molecule has 0 aromatic carbocycles. The van der Waals surface area contributed by atoms with Crippen LogP contribution in [0.3, 0.4) is 0 Å². The van der Waals surface area contributed by atoms with E-state index >= 15 is 0 Å². The van der Waals surface area contributed by atoms with Gasteiger partial charge in [0.2, 0.25) is 0 Å². The van der Waals surface area contributed by atoms with Crippen LogP contribution in [0, 0.1) is 0 Å². The van der Waals surface area contributed by atoms with Gasteiger partial charge in [0.15, 0.2) is 0 Å². The molecule has 0 spiro atoms. The van der Waals surface area contributed by atoms with Crippen molar-refractivity contribution < 1.29 is 0 Å². The lowest BCUT2D eigenvalue weighted by molar-refractivity contribution is 1.61. The smallest absolute Gasteiger partial charge is 0.0838 e. The highest BCUT2D eigenvalue weighted by Crippen LogP contribution is 1.98. The summed E-state index contributed by atoms with van der Waals surface area (Å²) in [6.45, 7) is 7.66. The zero-order valence-electron chi connectivity index (χ0n) is 5.69. The molecule has 0 aliphatic carbocycles. The Morgan fingerprint density at radius 2 is 2.22 bits per heavy atom. The third-order valence-corrected chi connectivity index (χ3v) is 1.37. The van der Waals surface area contributed by atoms with E-state index in [1.165, 1.54) is 0 Å². The highest BCUT2D eigenvalue weighted by Gasteiger charge is 1.89. The predicted molar refractivity (Wildman–Crippen MR) is 51.1 cm³/mol. The second-order valence-corrected chi connectivity index (χ2v) is 2.23. The Balaban J connectivity index is 4.19. The second-order valence-electron chi connectivity index (χ2n) is 1.75. The molecule has 50 valence electrons. The largest absolute Gasteiger partial charge is 0.215 e. The molecule has 0 bridgehead atoms. The van der Waals surface area contributed by atoms with Crippen molar-refractivity contribution in [3.63, 3.8) is 0 Å². The van der Waals surface area contributed by atoms with E-state index in [1.807, 2.05) is 48.9 Å². The standard InChI is InChI=1S/C7H10IN/c1-4-5-7(9-8)6(2)3/h4-5H,2H2,1,3H3/b5-4-,9-7-. The van der Waals surface area contributed by atoms with Gasteiger partial charge in [-0.25, -0.2) is 3.21 Å². The Kier molecular flexibility index (Phi) is 4.67. The van der Waals surface area contributed by atoms with E-state index in [2.05, 4.69) is 9.78 Å². The molecule has 0 fully saturated rings. The van der Waals surface area contributed by atoms with Crippen LogP contribution >= 0.6 is 22.9 Å². The van der Waals surface area contributed by atoms with E-state index in [0.717, 1.165) is 11.3 Å². The molecule has 0 heterocycles. The number of halogens is 1. The molecule has 0 rings (SSSR count). The Labute approximate surface area is 70.1 Å². The van der Waals surface area contributed by atoms with Gasteiger partial charge < -0.3 is 0 Å². The molecule has 1 nitrogen and oxygen atoms in total. The minimum atomic E-state index is 0.957. The maximum Gasteiger partial charge on any atom is 0.0838 e. The first kappa shape index (κ1) is 8.88. The number of hydrogen-bond donors (Lipinski definition) is 0. The van der Waals surface area contributed by atoms with Gasteiger partial charge in [0.1, 0.15) is 0 Å². The summed E-state index contributed by atoms with van der Waals surface area (Å²) in [5, 5.41) is 0. The monoisotopic (exact) mass is 235 g/mol. The molecule has 0 aromatic heterocycles. The van der Waals surface area contributed by atoms with Crippen molar-refractivity contribution in [2.75, 3.05) is 0 Å². The fourth-order valence-corrected chi connectivity index (χ4v) is 0.973. The molecular formula is C7H10IN. The number of allylic oxidation sites excluding steroid dienone is 3. The maximum atomic E-state index is 3.98. The molecule has 0 unspecified atom stereocenters. The van der Waals surface area contributed by atoms with Crippen molar-refractivity contribution in [2.45, 2.75) is 13.8 Å². The van der Waals surface area contributed by atoms with Gasteiger partial charge in [-0.05, 0) is 25.5 Å². The lowest BCUT2D eigenvalue weighted by Gasteiger charge is -1.92. The van der Waals surface area contributed by atoms with Gasteiger partial charge in [-0.3, -0.25) is 0 Å². The Morgan fingerprint density at radius 1 is 1.67 bits per heavy atom. The van der Waals surface area contributed by atoms with Gasteiger partial charge in [0.25, 0.3) is 0 Å². The molecule has 0 saturated heterocycles. The third-order valence-electron chi connectivity index (χ3n) is 0.853. The lowest BCUT2D eigenvalue weighted by atomic mass is 10.2. The number of hydrogen-bond acceptors (Lipinski definition) is 1. The van der Waals surface area contributed by atoms with Crippen LogP contribution < -0.4 is 0 Å². The number of rotatable bonds is 2. The minimum Gasteiger partial charge on any atom is -0.215 e. The average molecular weight is 235 g/mol. The van der Waals surface area contributed by atoms with Gasteiger partial charge in [-0.1, -0.05) is 12.7 Å². The van der Waals surface area contributed by atoms with Crippen LogP contribution in [0.5, 0.6) is 0 Å². The zero-order chi connectivity index (χ0) is 7.28. The van der Waals surface area contributed by atoms with Crippen LogP contribution in [0.1, 0.15) is 13.8 Å². The Bertz CT molecular complexity index is 156. The first-order valence-electron chi connectivity index (χ1n) is 2.70. The lowest BCUT2D eigenvalue weighted by Crippen LogP contribution is -1.90. The van der Waals surface area contributed by atoms with Crippen LogP contribution in [-0.4, -0.2) is 5.71 Å². The number of nitrogens with zero attached hydrogens (tertiary/aromatic N) is 1. The second kappa shape index (κ2) is 4.73. The van der Waals surface area contributed by atoms with Crippen LogP contribution in [0.2, 0.25) is 0 Å². The normalized spacial score (nSPS) is 12.6. The van der Waals surface area contributed by atoms with Crippen molar-refractivity contribution in [3.8, 4) is 0 Å². The topological polar surface area (TPSA) is 12.4 Å². The van der Waals surface area contributed by atoms with Gasteiger partial charge in [-0.2, -0.15) is 0 Å². The summed E-state index contributed by atoms with van der Waals surface area (Å²) in [6, 6.07) is 0. The quantitative estimate of drug-likeness (QED) is 0.515. The summed E-state index contributed by atoms with van der Waals surface area (Å²) < 4.78 is 3.98. The molecular weight excluding hydrogens is 225 g/mol. The third kappa shape index (κ3) is 3.46. The maximum absolute atomic E-state index is 3.98. The van der Waals surface area contributed by atoms with E-state index < -0.39 is 0 Å². The van der Waals surface area contributed by atoms with E-state index in [9.17, 15) is 0 Å². The van der Waals surface area contributed by atoms with Crippen molar-refractivity contribution in [3.05, 3.63) is 24.3 Å². The summed E-state index contributed by atoms with van der Waals surface area (Å²) in [5.74, 6) is 0. The fraction of sp³-hybridized carbons (Fsp3) is 0.286. The summed E-state index contributed by atoms with van der Waals surface area (Å²) in [6.07, 6.45) is 3.89. The Hall–Kier alpha value is -0.120. The summed E-state index contributed by atoms with van der Waals surface area (Å²) in [4.78, 5) is 0. The molecule has 0 aliphatic heterocycles. The van der Waals surface area contributed by atoms with Crippen molar-refractivity contribution >= 4 is 28.6 Å². The molecule has 0 aliphatic rings. The van der Waals surface area contributed by atoms with Crippen molar-refractivity contribution in [1.82, 2.24) is 0 Å². The molecule has 2 heteroatoms. The zero-order valence-corrected chi connectivity index (χ0v) is 7.84. The molecule has 0 aromatic rings. The predicted octanol–water partition coefficient (Wildman–Crippen LogP) is 2.93. The van der Waals surface area contributed by atoms with Crippen molar-refractivity contribution in [1.29, 1.82) is 0 Å². The van der Waals surface area contributed by atoms with Gasteiger partial charge >= 0.3 is 0 Å². The first-order valence-corrected chi connectivity index (χ1v) is 3.66. The van der Waals surface area contributed by atoms with Crippen LogP contribution in [-0.2, 0) is 0 Å². The highest BCUT2D eigenvalue weighted by molar-refractivity contribution is 14.1. The van der Waals surface area contributed by atoms with Crippen LogP contribution in [0.4, 0.5) is 0 Å². The van der Waals surface area contributed by atoms with Crippen LogP contribution in [0.15, 0.2) is 27.5 Å². The molecule has 9 heavy (non-hydrogen) atoms. The van der Waals surface area contributed by atoms with E-state index in [4.69, 9.17) is 0 Å². The SMILES string of the molecule is C=C(C)C(/C=C\C)=N\I. The molecule has 0 radical (unpaired) electrons. The highest BCUT2D eigenvalue weighted by atomic mass is 127. The molecule has 0 atom stereocenters. The fourth-order valence-electron chi connectivity index (χ4n) is 0.400. The van der Waals surface area contributed by atoms with Crippen LogP contribution in [0.25, 0.3) is 0 Å². The van der Waals surface area contributed by atoms with Gasteiger partial charge in [0, 0.05) is 0 Å². The van der Waals surface area contributed by atoms with E-state index in [1.54, 1.807) is 0 Å². The minimum absolute atomic E-state index is 0.957. The molecule has 0 amide bonds. The summed E-state index contributed by atoms with van der Waals surface area (Å²) >= 11 is 1.96. The van der Waals surface area contributed by atoms with Gasteiger partial charge in [0.05, 0.1) is 28.6 Å². The Morgan fingerprint density at radius 3 is 2.33 bits per heavy atom. The summed E-state index contributed by atoms with van der Waals surface area (Å²) in [7, 11) is 0. The van der Waals surface area contributed by atoms with Crippen molar-refractivity contribution in [2.24, 2.45) is 3.21 Å². The summed E-state index contributed by atoms with van der Waals surface area (Å²) in [5.41, 5.74) is 1.96. The first-order chi connectivity index (χ1) is 4.22. The van der Waals surface area contributed by atoms with E-state index in [-0.39, 0.29) is 0 Å².